The summed E-state index contributed by atoms with van der Waals surface area (Å²) in [5.41, 5.74) is 1.26. The Balaban J connectivity index is 2.06. The highest BCUT2D eigenvalue weighted by atomic mass is 32.2. The molecule has 0 radical (unpaired) electrons. The zero-order valence-electron chi connectivity index (χ0n) is 15.1. The molecule has 0 fully saturated rings. The van der Waals surface area contributed by atoms with Gasteiger partial charge in [0, 0.05) is 26.6 Å². The molecule has 0 saturated carbocycles. The summed E-state index contributed by atoms with van der Waals surface area (Å²) in [6.45, 7) is 1.86. The fourth-order valence-electron chi connectivity index (χ4n) is 2.56. The molecule has 7 heteroatoms. The Kier molecular flexibility index (Phi) is 6.50. The van der Waals surface area contributed by atoms with Crippen LogP contribution < -0.4 is 5.32 Å². The van der Waals surface area contributed by atoms with Crippen molar-refractivity contribution in [1.82, 2.24) is 9.62 Å². The second-order valence-electron chi connectivity index (χ2n) is 6.35. The summed E-state index contributed by atoms with van der Waals surface area (Å²) in [4.78, 5) is 12.5. The quantitative estimate of drug-likeness (QED) is 0.805. The first-order valence-corrected chi connectivity index (χ1v) is 9.68. The first-order valence-electron chi connectivity index (χ1n) is 8.24. The number of rotatable bonds is 7. The first kappa shape index (κ1) is 20.1. The standard InChI is InChI=1S/C19H23FN2O3S/c1-14(11-15-7-6-9-17(20)12-15)19(23)21-13-16-8-4-5-10-18(16)26(24,25)22(2)3/h4-10,12,14H,11,13H2,1-3H3,(H,21,23). The predicted octanol–water partition coefficient (Wildman–Crippen LogP) is 2.57. The van der Waals surface area contributed by atoms with E-state index in [1.807, 2.05) is 0 Å². The van der Waals surface area contributed by atoms with Gasteiger partial charge in [0.15, 0.2) is 0 Å². The molecule has 2 rings (SSSR count). The number of nitrogens with zero attached hydrogens (tertiary/aromatic N) is 1. The lowest BCUT2D eigenvalue weighted by atomic mass is 10.0. The molecule has 140 valence electrons. The van der Waals surface area contributed by atoms with Crippen LogP contribution in [0.15, 0.2) is 53.4 Å². The number of benzene rings is 2. The van der Waals surface area contributed by atoms with Gasteiger partial charge in [-0.05, 0) is 35.7 Å². The molecule has 0 aliphatic heterocycles. The van der Waals surface area contributed by atoms with Gasteiger partial charge in [-0.15, -0.1) is 0 Å². The van der Waals surface area contributed by atoms with E-state index in [-0.39, 0.29) is 29.1 Å². The van der Waals surface area contributed by atoms with E-state index in [4.69, 9.17) is 0 Å². The van der Waals surface area contributed by atoms with Gasteiger partial charge in [0.1, 0.15) is 5.82 Å². The molecule has 5 nitrogen and oxygen atoms in total. The van der Waals surface area contributed by atoms with Crippen molar-refractivity contribution in [2.45, 2.75) is 24.8 Å². The normalized spacial score (nSPS) is 12.8. The highest BCUT2D eigenvalue weighted by molar-refractivity contribution is 7.89. The summed E-state index contributed by atoms with van der Waals surface area (Å²) < 4.78 is 39.2. The van der Waals surface area contributed by atoms with Crippen molar-refractivity contribution in [1.29, 1.82) is 0 Å². The molecule has 26 heavy (non-hydrogen) atoms. The molecular formula is C19H23FN2O3S. The van der Waals surface area contributed by atoms with Crippen molar-refractivity contribution < 1.29 is 17.6 Å². The molecule has 0 heterocycles. The van der Waals surface area contributed by atoms with Crippen LogP contribution >= 0.6 is 0 Å². The molecule has 0 spiro atoms. The zero-order chi connectivity index (χ0) is 19.3. The van der Waals surface area contributed by atoms with Crippen molar-refractivity contribution in [3.05, 3.63) is 65.5 Å². The maximum absolute atomic E-state index is 13.2. The number of sulfonamides is 1. The van der Waals surface area contributed by atoms with Crippen LogP contribution in [0.2, 0.25) is 0 Å². The van der Waals surface area contributed by atoms with Crippen LogP contribution in [-0.2, 0) is 27.8 Å². The minimum absolute atomic E-state index is 0.107. The number of carbonyl (C=O) groups excluding carboxylic acids is 1. The topological polar surface area (TPSA) is 66.5 Å². The Bertz CT molecular complexity index is 882. The van der Waals surface area contributed by atoms with Gasteiger partial charge in [0.25, 0.3) is 0 Å². The fourth-order valence-corrected chi connectivity index (χ4v) is 3.68. The number of hydrogen-bond donors (Lipinski definition) is 1. The second kappa shape index (κ2) is 8.42. The van der Waals surface area contributed by atoms with Crippen molar-refractivity contribution in [2.75, 3.05) is 14.1 Å². The molecule has 1 amide bonds. The summed E-state index contributed by atoms with van der Waals surface area (Å²) >= 11 is 0. The third kappa shape index (κ3) is 4.89. The second-order valence-corrected chi connectivity index (χ2v) is 8.47. The summed E-state index contributed by atoms with van der Waals surface area (Å²) in [6, 6.07) is 12.7. The van der Waals surface area contributed by atoms with Crippen molar-refractivity contribution in [3.63, 3.8) is 0 Å². The lowest BCUT2D eigenvalue weighted by Gasteiger charge is -2.17. The summed E-state index contributed by atoms with van der Waals surface area (Å²) in [5, 5.41) is 2.77. The van der Waals surface area contributed by atoms with Gasteiger partial charge >= 0.3 is 0 Å². The highest BCUT2D eigenvalue weighted by Crippen LogP contribution is 2.18. The van der Waals surface area contributed by atoms with E-state index in [1.54, 1.807) is 37.3 Å². The van der Waals surface area contributed by atoms with Crippen LogP contribution in [0.5, 0.6) is 0 Å². The zero-order valence-corrected chi connectivity index (χ0v) is 15.9. The molecule has 0 saturated heterocycles. The lowest BCUT2D eigenvalue weighted by molar-refractivity contribution is -0.124. The molecule has 1 N–H and O–H groups in total. The van der Waals surface area contributed by atoms with Crippen LogP contribution in [0.4, 0.5) is 4.39 Å². The largest absolute Gasteiger partial charge is 0.352 e. The molecule has 2 aromatic carbocycles. The summed E-state index contributed by atoms with van der Waals surface area (Å²) in [5.74, 6) is -0.918. The fraction of sp³-hybridized carbons (Fsp3) is 0.316. The maximum Gasteiger partial charge on any atom is 0.242 e. The molecule has 0 aromatic heterocycles. The lowest BCUT2D eigenvalue weighted by Crippen LogP contribution is -2.31. The number of carbonyl (C=O) groups is 1. The smallest absolute Gasteiger partial charge is 0.242 e. The Labute approximate surface area is 153 Å². The van der Waals surface area contributed by atoms with E-state index in [0.717, 1.165) is 9.87 Å². The van der Waals surface area contributed by atoms with Crippen molar-refractivity contribution >= 4 is 15.9 Å². The Morgan fingerprint density at radius 3 is 2.50 bits per heavy atom. The van der Waals surface area contributed by atoms with Gasteiger partial charge in [-0.1, -0.05) is 37.3 Å². The van der Waals surface area contributed by atoms with Gasteiger partial charge in [-0.25, -0.2) is 17.1 Å². The third-order valence-electron chi connectivity index (χ3n) is 4.06. The van der Waals surface area contributed by atoms with Gasteiger partial charge in [0.2, 0.25) is 15.9 Å². The SMILES string of the molecule is CC(Cc1cccc(F)c1)C(=O)NCc1ccccc1S(=O)(=O)N(C)C. The van der Waals surface area contributed by atoms with E-state index in [0.29, 0.717) is 12.0 Å². The van der Waals surface area contributed by atoms with Crippen LogP contribution in [-0.4, -0.2) is 32.7 Å². The molecule has 0 bridgehead atoms. The summed E-state index contributed by atoms with van der Waals surface area (Å²) in [7, 11) is -0.661. The van der Waals surface area contributed by atoms with E-state index in [1.165, 1.54) is 32.3 Å². The first-order chi connectivity index (χ1) is 12.2. The number of amides is 1. The Hall–Kier alpha value is -2.25. The van der Waals surface area contributed by atoms with Crippen LogP contribution in [0.25, 0.3) is 0 Å². The van der Waals surface area contributed by atoms with Crippen LogP contribution in [0, 0.1) is 11.7 Å². The molecule has 2 aromatic rings. The Morgan fingerprint density at radius 1 is 1.15 bits per heavy atom. The van der Waals surface area contributed by atoms with Crippen LogP contribution in [0.3, 0.4) is 0 Å². The van der Waals surface area contributed by atoms with Crippen molar-refractivity contribution in [3.8, 4) is 0 Å². The highest BCUT2D eigenvalue weighted by Gasteiger charge is 2.21. The molecule has 1 atom stereocenters. The predicted molar refractivity (Wildman–Crippen MR) is 98.4 cm³/mol. The van der Waals surface area contributed by atoms with Crippen LogP contribution in [0.1, 0.15) is 18.1 Å². The number of nitrogens with one attached hydrogen (secondary N) is 1. The van der Waals surface area contributed by atoms with Gasteiger partial charge in [0.05, 0.1) is 4.90 Å². The average Bonchev–Trinajstić information content (AvgIpc) is 2.59. The summed E-state index contributed by atoms with van der Waals surface area (Å²) in [6.07, 6.45) is 0.404. The number of hydrogen-bond acceptors (Lipinski definition) is 3. The molecule has 0 aliphatic rings. The third-order valence-corrected chi connectivity index (χ3v) is 5.98. The maximum atomic E-state index is 13.2. The van der Waals surface area contributed by atoms with Crippen molar-refractivity contribution in [2.24, 2.45) is 5.92 Å². The minimum atomic E-state index is -3.59. The minimum Gasteiger partial charge on any atom is -0.352 e. The van der Waals surface area contributed by atoms with Gasteiger partial charge in [-0.3, -0.25) is 4.79 Å². The molecule has 1 unspecified atom stereocenters. The van der Waals surface area contributed by atoms with E-state index in [2.05, 4.69) is 5.32 Å². The van der Waals surface area contributed by atoms with E-state index >= 15 is 0 Å². The molecular weight excluding hydrogens is 355 g/mol. The monoisotopic (exact) mass is 378 g/mol. The number of halogens is 1. The average molecular weight is 378 g/mol. The Morgan fingerprint density at radius 2 is 1.85 bits per heavy atom. The molecule has 0 aliphatic carbocycles. The van der Waals surface area contributed by atoms with E-state index in [9.17, 15) is 17.6 Å². The van der Waals surface area contributed by atoms with Gasteiger partial charge in [-0.2, -0.15) is 0 Å². The van der Waals surface area contributed by atoms with Gasteiger partial charge < -0.3 is 5.32 Å². The van der Waals surface area contributed by atoms with E-state index < -0.39 is 10.0 Å².